The smallest absolute Gasteiger partial charge is 0.305 e. The van der Waals surface area contributed by atoms with Gasteiger partial charge in [0.1, 0.15) is 6.61 Å². The van der Waals surface area contributed by atoms with E-state index in [-0.39, 0.29) is 25.3 Å². The molecule has 0 aromatic rings. The molecule has 4 nitrogen and oxygen atoms in total. The SMILES string of the molecule is CCCCCCCCCCCCCC(O)CCCC(=O)OCCO. The summed E-state index contributed by atoms with van der Waals surface area (Å²) in [5, 5.41) is 18.4. The summed E-state index contributed by atoms with van der Waals surface area (Å²) in [6.07, 6.45) is 16.7. The van der Waals surface area contributed by atoms with Gasteiger partial charge in [0.25, 0.3) is 0 Å². The Bertz CT molecular complexity index is 268. The van der Waals surface area contributed by atoms with Crippen LogP contribution >= 0.6 is 0 Å². The Kier molecular flexibility index (Phi) is 18.2. The number of aliphatic hydroxyl groups is 2. The highest BCUT2D eigenvalue weighted by atomic mass is 16.5. The van der Waals surface area contributed by atoms with Gasteiger partial charge >= 0.3 is 5.97 Å². The summed E-state index contributed by atoms with van der Waals surface area (Å²) in [7, 11) is 0. The Morgan fingerprint density at radius 3 is 1.88 bits per heavy atom. The van der Waals surface area contributed by atoms with Crippen LogP contribution in [0.1, 0.15) is 103 Å². The summed E-state index contributed by atoms with van der Waals surface area (Å²) < 4.78 is 4.77. The minimum Gasteiger partial charge on any atom is -0.463 e. The molecule has 0 aliphatic rings. The van der Waals surface area contributed by atoms with Gasteiger partial charge in [-0.25, -0.2) is 0 Å². The second kappa shape index (κ2) is 18.7. The van der Waals surface area contributed by atoms with Crippen molar-refractivity contribution in [1.82, 2.24) is 0 Å². The first-order chi connectivity index (χ1) is 11.7. The summed E-state index contributed by atoms with van der Waals surface area (Å²) in [6, 6.07) is 0. The maximum Gasteiger partial charge on any atom is 0.305 e. The van der Waals surface area contributed by atoms with E-state index in [1.807, 2.05) is 0 Å². The number of esters is 1. The fourth-order valence-corrected chi connectivity index (χ4v) is 2.90. The van der Waals surface area contributed by atoms with Crippen molar-refractivity contribution < 1.29 is 19.7 Å². The number of unbranched alkanes of at least 4 members (excludes halogenated alkanes) is 10. The highest BCUT2D eigenvalue weighted by molar-refractivity contribution is 5.69. The molecule has 1 unspecified atom stereocenters. The molecule has 4 heteroatoms. The van der Waals surface area contributed by atoms with Crippen LogP contribution in [0.4, 0.5) is 0 Å². The molecule has 0 aliphatic carbocycles. The Hall–Kier alpha value is -0.610. The Morgan fingerprint density at radius 2 is 1.33 bits per heavy atom. The van der Waals surface area contributed by atoms with Crippen molar-refractivity contribution in [2.75, 3.05) is 13.2 Å². The van der Waals surface area contributed by atoms with Crippen LogP contribution in [0, 0.1) is 0 Å². The fraction of sp³-hybridized carbons (Fsp3) is 0.950. The molecule has 0 bridgehead atoms. The molecule has 0 amide bonds. The Labute approximate surface area is 149 Å². The van der Waals surface area contributed by atoms with Crippen molar-refractivity contribution in [2.24, 2.45) is 0 Å². The monoisotopic (exact) mass is 344 g/mol. The summed E-state index contributed by atoms with van der Waals surface area (Å²) in [5.41, 5.74) is 0. The Balaban J connectivity index is 3.23. The van der Waals surface area contributed by atoms with E-state index in [0.29, 0.717) is 19.3 Å². The second-order valence-electron chi connectivity index (χ2n) is 6.81. The van der Waals surface area contributed by atoms with Gasteiger partial charge < -0.3 is 14.9 Å². The van der Waals surface area contributed by atoms with Crippen molar-refractivity contribution in [3.63, 3.8) is 0 Å². The standard InChI is InChI=1S/C20H40O4/c1-2-3-4-5-6-7-8-9-10-11-12-14-19(22)15-13-16-20(23)24-18-17-21/h19,21-22H,2-18H2,1H3. The minimum absolute atomic E-state index is 0.0696. The number of carbonyl (C=O) groups is 1. The van der Waals surface area contributed by atoms with Crippen LogP contribution in [-0.2, 0) is 9.53 Å². The van der Waals surface area contributed by atoms with Gasteiger partial charge in [-0.2, -0.15) is 0 Å². The van der Waals surface area contributed by atoms with Gasteiger partial charge in [-0.15, -0.1) is 0 Å². The van der Waals surface area contributed by atoms with Gasteiger partial charge in [-0.3, -0.25) is 4.79 Å². The molecule has 0 radical (unpaired) electrons. The largest absolute Gasteiger partial charge is 0.463 e. The van der Waals surface area contributed by atoms with Crippen molar-refractivity contribution >= 4 is 5.97 Å². The third-order valence-corrected chi connectivity index (χ3v) is 4.41. The van der Waals surface area contributed by atoms with E-state index in [1.54, 1.807) is 0 Å². The lowest BCUT2D eigenvalue weighted by atomic mass is 10.0. The van der Waals surface area contributed by atoms with E-state index < -0.39 is 0 Å². The molecule has 0 heterocycles. The van der Waals surface area contributed by atoms with Crippen LogP contribution in [0.15, 0.2) is 0 Å². The van der Waals surface area contributed by atoms with E-state index in [4.69, 9.17) is 9.84 Å². The van der Waals surface area contributed by atoms with Crippen LogP contribution in [0.5, 0.6) is 0 Å². The summed E-state index contributed by atoms with van der Waals surface area (Å²) in [4.78, 5) is 11.2. The van der Waals surface area contributed by atoms with Gasteiger partial charge in [0.15, 0.2) is 0 Å². The first kappa shape index (κ1) is 23.4. The molecule has 0 saturated heterocycles. The second-order valence-corrected chi connectivity index (χ2v) is 6.81. The minimum atomic E-state index is -0.297. The number of carbonyl (C=O) groups excluding carboxylic acids is 1. The molecular weight excluding hydrogens is 304 g/mol. The zero-order chi connectivity index (χ0) is 17.9. The molecule has 144 valence electrons. The normalized spacial score (nSPS) is 12.3. The maximum atomic E-state index is 11.2. The van der Waals surface area contributed by atoms with Crippen LogP contribution < -0.4 is 0 Å². The van der Waals surface area contributed by atoms with Crippen molar-refractivity contribution in [3.8, 4) is 0 Å². The van der Waals surface area contributed by atoms with Crippen molar-refractivity contribution in [2.45, 2.75) is 109 Å². The maximum absolute atomic E-state index is 11.2. The van der Waals surface area contributed by atoms with Gasteiger partial charge in [0, 0.05) is 6.42 Å². The molecule has 0 saturated carbocycles. The van der Waals surface area contributed by atoms with E-state index in [0.717, 1.165) is 12.8 Å². The number of ether oxygens (including phenoxy) is 1. The zero-order valence-corrected chi connectivity index (χ0v) is 15.8. The van der Waals surface area contributed by atoms with Gasteiger partial charge in [0.2, 0.25) is 0 Å². The highest BCUT2D eigenvalue weighted by Crippen LogP contribution is 2.14. The van der Waals surface area contributed by atoms with E-state index in [9.17, 15) is 9.90 Å². The first-order valence-electron chi connectivity index (χ1n) is 10.1. The average molecular weight is 345 g/mol. The van der Waals surface area contributed by atoms with Gasteiger partial charge in [0.05, 0.1) is 12.7 Å². The quantitative estimate of drug-likeness (QED) is 0.278. The summed E-state index contributed by atoms with van der Waals surface area (Å²) in [6.45, 7) is 2.19. The fourth-order valence-electron chi connectivity index (χ4n) is 2.90. The third-order valence-electron chi connectivity index (χ3n) is 4.41. The van der Waals surface area contributed by atoms with Crippen molar-refractivity contribution in [3.05, 3.63) is 0 Å². The molecule has 24 heavy (non-hydrogen) atoms. The predicted molar refractivity (Wildman–Crippen MR) is 99.0 cm³/mol. The lowest BCUT2D eigenvalue weighted by Crippen LogP contribution is -2.11. The molecule has 0 spiro atoms. The Morgan fingerprint density at radius 1 is 0.833 bits per heavy atom. The highest BCUT2D eigenvalue weighted by Gasteiger charge is 2.07. The molecule has 0 rings (SSSR count). The number of hydrogen-bond acceptors (Lipinski definition) is 4. The molecule has 0 aliphatic heterocycles. The third kappa shape index (κ3) is 17.7. The lowest BCUT2D eigenvalue weighted by Gasteiger charge is -2.10. The van der Waals surface area contributed by atoms with Crippen LogP contribution in [0.25, 0.3) is 0 Å². The average Bonchev–Trinajstić information content (AvgIpc) is 2.57. The van der Waals surface area contributed by atoms with E-state index >= 15 is 0 Å². The number of rotatable bonds is 18. The molecule has 1 atom stereocenters. The first-order valence-corrected chi connectivity index (χ1v) is 10.1. The van der Waals surface area contributed by atoms with Crippen molar-refractivity contribution in [1.29, 1.82) is 0 Å². The van der Waals surface area contributed by atoms with Crippen LogP contribution in [0.2, 0.25) is 0 Å². The van der Waals surface area contributed by atoms with E-state index in [2.05, 4.69) is 6.92 Å². The molecule has 2 N–H and O–H groups in total. The zero-order valence-electron chi connectivity index (χ0n) is 15.8. The predicted octanol–water partition coefficient (Wildman–Crippen LogP) is 4.75. The van der Waals surface area contributed by atoms with Gasteiger partial charge in [-0.05, 0) is 19.3 Å². The molecule has 0 aromatic heterocycles. The molecule has 0 aromatic carbocycles. The summed E-state index contributed by atoms with van der Waals surface area (Å²) >= 11 is 0. The molecular formula is C20H40O4. The molecule has 0 fully saturated rings. The topological polar surface area (TPSA) is 66.8 Å². The van der Waals surface area contributed by atoms with Crippen LogP contribution in [0.3, 0.4) is 0 Å². The van der Waals surface area contributed by atoms with Crippen LogP contribution in [-0.4, -0.2) is 35.5 Å². The summed E-state index contributed by atoms with van der Waals surface area (Å²) in [5.74, 6) is -0.286. The number of aliphatic hydroxyl groups excluding tert-OH is 2. The lowest BCUT2D eigenvalue weighted by molar-refractivity contribution is -0.144. The van der Waals surface area contributed by atoms with E-state index in [1.165, 1.54) is 64.2 Å². The number of hydrogen-bond donors (Lipinski definition) is 2. The van der Waals surface area contributed by atoms with Gasteiger partial charge in [-0.1, -0.05) is 77.6 Å².